The molecule has 0 amide bonds. The van der Waals surface area contributed by atoms with Crippen molar-refractivity contribution in [3.8, 4) is 0 Å². The number of nitrogens with one attached hydrogen (secondary N) is 1. The molecule has 3 nitrogen and oxygen atoms in total. The molecule has 13 heavy (non-hydrogen) atoms. The Morgan fingerprint density at radius 3 is 3.15 bits per heavy atom. The zero-order valence-electron chi connectivity index (χ0n) is 7.62. The maximum Gasteiger partial charge on any atom is 0.131 e. The van der Waals surface area contributed by atoms with Crippen molar-refractivity contribution in [3.63, 3.8) is 0 Å². The van der Waals surface area contributed by atoms with Crippen molar-refractivity contribution in [2.75, 3.05) is 12.8 Å². The van der Waals surface area contributed by atoms with E-state index in [0.717, 1.165) is 11.6 Å². The largest absolute Gasteiger partial charge is 0.313 e. The number of thioether (sulfide) groups is 1. The van der Waals surface area contributed by atoms with Gasteiger partial charge < -0.3 is 5.32 Å². The number of aromatic nitrogens is 2. The highest BCUT2D eigenvalue weighted by Crippen LogP contribution is 2.40. The van der Waals surface area contributed by atoms with Crippen LogP contribution in [-0.2, 0) is 6.54 Å². The quantitative estimate of drug-likeness (QED) is 0.834. The Morgan fingerprint density at radius 1 is 1.54 bits per heavy atom. The van der Waals surface area contributed by atoms with Crippen LogP contribution in [0.5, 0.6) is 0 Å². The maximum atomic E-state index is 4.22. The molecule has 0 aromatic carbocycles. The zero-order chi connectivity index (χ0) is 9.10. The summed E-state index contributed by atoms with van der Waals surface area (Å²) in [6, 6.07) is 0. The molecule has 5 heteroatoms. The normalized spacial score (nSPS) is 22.4. The average Bonchev–Trinajstić information content (AvgIpc) is 2.70. The summed E-state index contributed by atoms with van der Waals surface area (Å²) in [5.74, 6) is 1.28. The third-order valence-corrected chi connectivity index (χ3v) is 4.59. The van der Waals surface area contributed by atoms with E-state index in [9.17, 15) is 0 Å². The van der Waals surface area contributed by atoms with E-state index in [2.05, 4.69) is 15.5 Å². The highest BCUT2D eigenvalue weighted by molar-refractivity contribution is 7.99. The molecule has 1 N–H and O–H groups in total. The van der Waals surface area contributed by atoms with Gasteiger partial charge in [0.15, 0.2) is 0 Å². The van der Waals surface area contributed by atoms with Gasteiger partial charge in [-0.2, -0.15) is 11.8 Å². The van der Waals surface area contributed by atoms with Crippen molar-refractivity contribution in [3.05, 3.63) is 10.0 Å². The summed E-state index contributed by atoms with van der Waals surface area (Å²) in [5.41, 5.74) is 0. The highest BCUT2D eigenvalue weighted by Gasteiger charge is 2.21. The summed E-state index contributed by atoms with van der Waals surface area (Å²) < 4.78 is 0. The average molecular weight is 215 g/mol. The summed E-state index contributed by atoms with van der Waals surface area (Å²) >= 11 is 3.76. The lowest BCUT2D eigenvalue weighted by Crippen LogP contribution is -2.04. The Labute approximate surface area is 86.3 Å². The van der Waals surface area contributed by atoms with E-state index >= 15 is 0 Å². The van der Waals surface area contributed by atoms with Crippen molar-refractivity contribution in [2.24, 2.45) is 0 Å². The molecule has 1 aromatic rings. The van der Waals surface area contributed by atoms with Crippen LogP contribution in [0.3, 0.4) is 0 Å². The first kappa shape index (κ1) is 9.43. The number of rotatable bonds is 3. The smallest absolute Gasteiger partial charge is 0.131 e. The minimum Gasteiger partial charge on any atom is -0.313 e. The number of hydrogen-bond donors (Lipinski definition) is 1. The summed E-state index contributed by atoms with van der Waals surface area (Å²) in [5, 5.41) is 14.4. The molecule has 0 bridgehead atoms. The lowest BCUT2D eigenvalue weighted by molar-refractivity contribution is 0.778. The maximum absolute atomic E-state index is 4.22. The van der Waals surface area contributed by atoms with Crippen molar-refractivity contribution in [1.29, 1.82) is 0 Å². The fourth-order valence-electron chi connectivity index (χ4n) is 1.39. The number of hydrogen-bond acceptors (Lipinski definition) is 5. The Morgan fingerprint density at radius 2 is 2.46 bits per heavy atom. The van der Waals surface area contributed by atoms with Crippen molar-refractivity contribution in [1.82, 2.24) is 15.5 Å². The number of nitrogens with zero attached hydrogens (tertiary/aromatic N) is 2. The molecule has 0 radical (unpaired) electrons. The van der Waals surface area contributed by atoms with E-state index in [1.807, 2.05) is 18.8 Å². The van der Waals surface area contributed by atoms with Crippen LogP contribution in [0.2, 0.25) is 0 Å². The van der Waals surface area contributed by atoms with Gasteiger partial charge >= 0.3 is 0 Å². The molecule has 2 heterocycles. The standard InChI is InChI=1S/C8H13N3S2/c1-9-5-7-10-11-8(13-7)6-3-2-4-12-6/h6,9H,2-5H2,1H3. The monoisotopic (exact) mass is 215 g/mol. The molecule has 72 valence electrons. The second kappa shape index (κ2) is 4.39. The Bertz CT molecular complexity index is 268. The predicted octanol–water partition coefficient (Wildman–Crippen LogP) is 1.83. The molecule has 1 aromatic heterocycles. The van der Waals surface area contributed by atoms with E-state index in [4.69, 9.17) is 0 Å². The first-order valence-corrected chi connectivity index (χ1v) is 6.35. The third kappa shape index (κ3) is 2.21. The molecule has 0 aliphatic carbocycles. The zero-order valence-corrected chi connectivity index (χ0v) is 9.25. The first-order chi connectivity index (χ1) is 6.40. The second-order valence-corrected chi connectivity index (χ2v) is 5.47. The van der Waals surface area contributed by atoms with Gasteiger partial charge in [0.05, 0.1) is 5.25 Å². The summed E-state index contributed by atoms with van der Waals surface area (Å²) in [6.07, 6.45) is 2.61. The van der Waals surface area contributed by atoms with E-state index in [1.54, 1.807) is 11.3 Å². The van der Waals surface area contributed by atoms with E-state index in [0.29, 0.717) is 5.25 Å². The van der Waals surface area contributed by atoms with Gasteiger partial charge in [0.25, 0.3) is 0 Å². The van der Waals surface area contributed by atoms with Gasteiger partial charge in [-0.15, -0.1) is 10.2 Å². The van der Waals surface area contributed by atoms with Crippen molar-refractivity contribution < 1.29 is 0 Å². The van der Waals surface area contributed by atoms with Crippen LogP contribution in [-0.4, -0.2) is 23.0 Å². The van der Waals surface area contributed by atoms with E-state index in [1.165, 1.54) is 23.6 Å². The lowest BCUT2D eigenvalue weighted by Gasteiger charge is -2.00. The lowest BCUT2D eigenvalue weighted by atomic mass is 10.3. The van der Waals surface area contributed by atoms with Crippen LogP contribution < -0.4 is 5.32 Å². The Hall–Kier alpha value is -0.130. The van der Waals surface area contributed by atoms with Gasteiger partial charge in [-0.05, 0) is 25.6 Å². The predicted molar refractivity (Wildman–Crippen MR) is 57.1 cm³/mol. The van der Waals surface area contributed by atoms with E-state index in [-0.39, 0.29) is 0 Å². The Kier molecular flexibility index (Phi) is 3.18. The van der Waals surface area contributed by atoms with Gasteiger partial charge in [-0.3, -0.25) is 0 Å². The SMILES string of the molecule is CNCc1nnc(C2CCCS2)s1. The molecule has 1 unspecified atom stereocenters. The molecule has 1 fully saturated rings. The molecule has 2 rings (SSSR count). The first-order valence-electron chi connectivity index (χ1n) is 4.48. The van der Waals surface area contributed by atoms with Crippen LogP contribution in [0.1, 0.15) is 28.1 Å². The Balaban J connectivity index is 2.03. The van der Waals surface area contributed by atoms with Crippen LogP contribution in [0.25, 0.3) is 0 Å². The molecular weight excluding hydrogens is 202 g/mol. The van der Waals surface area contributed by atoms with Gasteiger partial charge in [-0.25, -0.2) is 0 Å². The molecule has 0 spiro atoms. The molecule has 0 saturated carbocycles. The summed E-state index contributed by atoms with van der Waals surface area (Å²) in [7, 11) is 1.94. The van der Waals surface area contributed by atoms with Gasteiger partial charge in [0.2, 0.25) is 0 Å². The van der Waals surface area contributed by atoms with Crippen molar-refractivity contribution in [2.45, 2.75) is 24.6 Å². The summed E-state index contributed by atoms with van der Waals surface area (Å²) in [6.45, 7) is 0.842. The fraction of sp³-hybridized carbons (Fsp3) is 0.750. The third-order valence-electron chi connectivity index (χ3n) is 2.02. The molecule has 1 aliphatic heterocycles. The fourth-order valence-corrected chi connectivity index (χ4v) is 3.75. The van der Waals surface area contributed by atoms with Crippen LogP contribution >= 0.6 is 23.1 Å². The van der Waals surface area contributed by atoms with Crippen LogP contribution in [0.15, 0.2) is 0 Å². The molecular formula is C8H13N3S2. The van der Waals surface area contributed by atoms with Gasteiger partial charge in [0, 0.05) is 6.54 Å². The second-order valence-electron chi connectivity index (χ2n) is 3.07. The van der Waals surface area contributed by atoms with Gasteiger partial charge in [-0.1, -0.05) is 11.3 Å². The minimum absolute atomic E-state index is 0.628. The molecule has 1 aliphatic rings. The summed E-state index contributed by atoms with van der Waals surface area (Å²) in [4.78, 5) is 0. The van der Waals surface area contributed by atoms with E-state index < -0.39 is 0 Å². The van der Waals surface area contributed by atoms with Gasteiger partial charge in [0.1, 0.15) is 10.0 Å². The topological polar surface area (TPSA) is 37.8 Å². The van der Waals surface area contributed by atoms with Crippen LogP contribution in [0, 0.1) is 0 Å². The molecule has 1 saturated heterocycles. The van der Waals surface area contributed by atoms with Crippen molar-refractivity contribution >= 4 is 23.1 Å². The van der Waals surface area contributed by atoms with Crippen LogP contribution in [0.4, 0.5) is 0 Å². The molecule has 1 atom stereocenters. The highest BCUT2D eigenvalue weighted by atomic mass is 32.2. The minimum atomic E-state index is 0.628.